The van der Waals surface area contributed by atoms with Crippen molar-refractivity contribution in [2.24, 2.45) is 0 Å². The van der Waals surface area contributed by atoms with E-state index in [0.717, 1.165) is 25.1 Å². The van der Waals surface area contributed by atoms with E-state index in [1.165, 1.54) is 6.08 Å². The number of carboxylic acids is 1. The van der Waals surface area contributed by atoms with E-state index in [1.807, 2.05) is 0 Å². The van der Waals surface area contributed by atoms with Crippen LogP contribution in [0.25, 0.3) is 0 Å². The molecular weight excluding hydrogens is 290 g/mol. The van der Waals surface area contributed by atoms with Crippen molar-refractivity contribution >= 4 is 12.1 Å². The Morgan fingerprint density at radius 3 is 3.14 bits per heavy atom. The van der Waals surface area contributed by atoms with Gasteiger partial charge in [0.2, 0.25) is 0 Å². The van der Waals surface area contributed by atoms with Crippen molar-refractivity contribution in [1.82, 2.24) is 15.8 Å². The van der Waals surface area contributed by atoms with Gasteiger partial charge in [0.05, 0.1) is 6.04 Å². The fourth-order valence-corrected chi connectivity index (χ4v) is 2.25. The second-order valence-corrected chi connectivity index (χ2v) is 4.99. The van der Waals surface area contributed by atoms with E-state index < -0.39 is 18.1 Å². The lowest BCUT2D eigenvalue weighted by molar-refractivity contribution is -0.139. The number of carbonyl (C=O) groups is 2. The van der Waals surface area contributed by atoms with Crippen molar-refractivity contribution in [3.05, 3.63) is 30.2 Å². The van der Waals surface area contributed by atoms with Crippen LogP contribution in [0, 0.1) is 0 Å². The normalized spacial score (nSPS) is 18.6. The summed E-state index contributed by atoms with van der Waals surface area (Å²) in [5.41, 5.74) is 0.755. The molecule has 1 fully saturated rings. The zero-order chi connectivity index (χ0) is 15.9. The van der Waals surface area contributed by atoms with Crippen LogP contribution in [0.5, 0.6) is 0 Å². The van der Waals surface area contributed by atoms with E-state index in [9.17, 15) is 9.59 Å². The van der Waals surface area contributed by atoms with Gasteiger partial charge < -0.3 is 25.0 Å². The molecule has 0 saturated carbocycles. The number of aromatic nitrogens is 1. The molecule has 2 unspecified atom stereocenters. The highest BCUT2D eigenvalue weighted by Gasteiger charge is 2.25. The fraction of sp³-hybridized carbons (Fsp3) is 0.500. The van der Waals surface area contributed by atoms with Gasteiger partial charge in [-0.05, 0) is 19.4 Å². The van der Waals surface area contributed by atoms with Gasteiger partial charge in [0.25, 0.3) is 0 Å². The van der Waals surface area contributed by atoms with Crippen LogP contribution >= 0.6 is 0 Å². The van der Waals surface area contributed by atoms with Crippen LogP contribution in [0.2, 0.25) is 0 Å². The molecule has 2 atom stereocenters. The van der Waals surface area contributed by atoms with Crippen molar-refractivity contribution in [2.75, 3.05) is 13.2 Å². The lowest BCUT2D eigenvalue weighted by atomic mass is 10.1. The predicted molar refractivity (Wildman–Crippen MR) is 76.3 cm³/mol. The highest BCUT2D eigenvalue weighted by atomic mass is 16.5. The number of carbonyl (C=O) groups excluding carboxylic acids is 1. The Bertz CT molecular complexity index is 536. The molecule has 1 saturated heterocycles. The summed E-state index contributed by atoms with van der Waals surface area (Å²) in [5.74, 6) is -0.771. The van der Waals surface area contributed by atoms with Crippen molar-refractivity contribution in [3.8, 4) is 0 Å². The SMILES string of the molecule is C=CCOC(=O)NC(Cc1cc(C2CCCN2)no1)C(=O)O. The number of hydrogen-bond acceptors (Lipinski definition) is 6. The highest BCUT2D eigenvalue weighted by molar-refractivity contribution is 5.80. The Morgan fingerprint density at radius 1 is 1.68 bits per heavy atom. The van der Waals surface area contributed by atoms with Gasteiger partial charge in [-0.15, -0.1) is 0 Å². The summed E-state index contributed by atoms with van der Waals surface area (Å²) in [6.07, 6.45) is 2.62. The monoisotopic (exact) mass is 309 g/mol. The summed E-state index contributed by atoms with van der Waals surface area (Å²) >= 11 is 0. The standard InChI is InChI=1S/C14H19N3O5/c1-2-6-21-14(20)16-12(13(18)19)8-9-7-11(17-22-9)10-4-3-5-15-10/h2,7,10,12,15H,1,3-6,8H2,(H,16,20)(H,18,19). The lowest BCUT2D eigenvalue weighted by Gasteiger charge is -2.12. The van der Waals surface area contributed by atoms with E-state index >= 15 is 0 Å². The third kappa shape index (κ3) is 4.32. The fourth-order valence-electron chi connectivity index (χ4n) is 2.25. The highest BCUT2D eigenvalue weighted by Crippen LogP contribution is 2.22. The van der Waals surface area contributed by atoms with Gasteiger partial charge in [-0.2, -0.15) is 0 Å². The van der Waals surface area contributed by atoms with Crippen molar-refractivity contribution in [1.29, 1.82) is 0 Å². The Morgan fingerprint density at radius 2 is 2.50 bits per heavy atom. The second-order valence-electron chi connectivity index (χ2n) is 4.99. The van der Waals surface area contributed by atoms with Gasteiger partial charge in [0, 0.05) is 12.5 Å². The molecule has 1 aromatic rings. The minimum Gasteiger partial charge on any atom is -0.480 e. The predicted octanol–water partition coefficient (Wildman–Crippen LogP) is 1.01. The summed E-state index contributed by atoms with van der Waals surface area (Å²) in [6.45, 7) is 4.35. The molecule has 1 amide bonds. The first-order valence-corrected chi connectivity index (χ1v) is 7.06. The van der Waals surface area contributed by atoms with Crippen LogP contribution < -0.4 is 10.6 Å². The minimum atomic E-state index is -1.17. The summed E-state index contributed by atoms with van der Waals surface area (Å²) in [4.78, 5) is 22.6. The average Bonchev–Trinajstić information content (AvgIpc) is 3.14. The molecule has 2 heterocycles. The number of nitrogens with zero attached hydrogens (tertiary/aromatic N) is 1. The number of aliphatic carboxylic acids is 1. The summed E-state index contributed by atoms with van der Waals surface area (Å²) in [5, 5.41) is 18.7. The number of nitrogens with one attached hydrogen (secondary N) is 2. The van der Waals surface area contributed by atoms with Gasteiger partial charge in [0.1, 0.15) is 24.1 Å². The molecule has 2 rings (SSSR count). The Hall–Kier alpha value is -2.35. The van der Waals surface area contributed by atoms with Gasteiger partial charge >= 0.3 is 12.1 Å². The van der Waals surface area contributed by atoms with Crippen LogP contribution in [0.1, 0.15) is 30.3 Å². The Labute approximate surface area is 127 Å². The van der Waals surface area contributed by atoms with Crippen LogP contribution in [-0.4, -0.2) is 41.5 Å². The molecule has 3 N–H and O–H groups in total. The van der Waals surface area contributed by atoms with Crippen LogP contribution in [-0.2, 0) is 16.0 Å². The molecule has 1 aliphatic rings. The van der Waals surface area contributed by atoms with E-state index in [4.69, 9.17) is 14.4 Å². The average molecular weight is 309 g/mol. The van der Waals surface area contributed by atoms with E-state index in [0.29, 0.717) is 5.76 Å². The van der Waals surface area contributed by atoms with Crippen LogP contribution in [0.15, 0.2) is 23.2 Å². The molecule has 0 radical (unpaired) electrons. The Balaban J connectivity index is 1.94. The van der Waals surface area contributed by atoms with E-state index in [1.54, 1.807) is 6.07 Å². The van der Waals surface area contributed by atoms with Gasteiger partial charge in [-0.1, -0.05) is 17.8 Å². The smallest absolute Gasteiger partial charge is 0.408 e. The quantitative estimate of drug-likeness (QED) is 0.644. The van der Waals surface area contributed by atoms with Gasteiger partial charge in [-0.3, -0.25) is 0 Å². The minimum absolute atomic E-state index is 0.00174. The summed E-state index contributed by atoms with van der Waals surface area (Å²) in [6, 6.07) is 0.719. The molecule has 8 nitrogen and oxygen atoms in total. The van der Waals surface area contributed by atoms with Crippen molar-refractivity contribution in [3.63, 3.8) is 0 Å². The van der Waals surface area contributed by atoms with E-state index in [2.05, 4.69) is 22.4 Å². The zero-order valence-corrected chi connectivity index (χ0v) is 12.1. The van der Waals surface area contributed by atoms with Crippen molar-refractivity contribution in [2.45, 2.75) is 31.3 Å². The number of ether oxygens (including phenoxy) is 1. The van der Waals surface area contributed by atoms with Crippen molar-refractivity contribution < 1.29 is 24.0 Å². The van der Waals surface area contributed by atoms with E-state index in [-0.39, 0.29) is 19.1 Å². The largest absolute Gasteiger partial charge is 0.480 e. The summed E-state index contributed by atoms with van der Waals surface area (Å²) in [7, 11) is 0. The number of alkyl carbamates (subject to hydrolysis) is 1. The van der Waals surface area contributed by atoms with Gasteiger partial charge in [-0.25, -0.2) is 9.59 Å². The molecule has 0 aliphatic carbocycles. The zero-order valence-electron chi connectivity index (χ0n) is 12.1. The maximum atomic E-state index is 11.4. The molecular formula is C14H19N3O5. The maximum Gasteiger partial charge on any atom is 0.408 e. The third-order valence-corrected chi connectivity index (χ3v) is 3.32. The molecule has 22 heavy (non-hydrogen) atoms. The number of rotatable bonds is 7. The molecule has 8 heteroatoms. The topological polar surface area (TPSA) is 114 Å². The molecule has 1 aliphatic heterocycles. The Kier molecular flexibility index (Phi) is 5.54. The third-order valence-electron chi connectivity index (χ3n) is 3.32. The summed E-state index contributed by atoms with van der Waals surface area (Å²) < 4.78 is 9.87. The molecule has 0 spiro atoms. The maximum absolute atomic E-state index is 11.4. The molecule has 0 aromatic carbocycles. The van der Waals surface area contributed by atoms with Crippen LogP contribution in [0.4, 0.5) is 4.79 Å². The number of hydrogen-bond donors (Lipinski definition) is 3. The molecule has 0 bridgehead atoms. The first kappa shape index (κ1) is 16.0. The first-order chi connectivity index (χ1) is 10.6. The molecule has 120 valence electrons. The number of amides is 1. The second kappa shape index (κ2) is 7.60. The van der Waals surface area contributed by atoms with Crippen LogP contribution in [0.3, 0.4) is 0 Å². The van der Waals surface area contributed by atoms with Gasteiger partial charge in [0.15, 0.2) is 0 Å². The number of carboxylic acid groups (broad SMARTS) is 1. The molecule has 1 aromatic heterocycles. The lowest BCUT2D eigenvalue weighted by Crippen LogP contribution is -2.42. The first-order valence-electron chi connectivity index (χ1n) is 7.06.